The van der Waals surface area contributed by atoms with Crippen LogP contribution in [0.15, 0.2) is 54.9 Å². The van der Waals surface area contributed by atoms with Crippen molar-refractivity contribution in [1.29, 1.82) is 0 Å². The van der Waals surface area contributed by atoms with Crippen molar-refractivity contribution in [2.24, 2.45) is 7.05 Å². The minimum absolute atomic E-state index is 0.169. The molecule has 1 unspecified atom stereocenters. The van der Waals surface area contributed by atoms with E-state index in [4.69, 9.17) is 9.47 Å². The molecular formula is C22H25N3O3. The van der Waals surface area contributed by atoms with Crippen LogP contribution in [0.2, 0.25) is 0 Å². The molecule has 0 radical (unpaired) electrons. The lowest BCUT2D eigenvalue weighted by Gasteiger charge is -2.20. The van der Waals surface area contributed by atoms with Crippen LogP contribution < -0.4 is 14.8 Å². The number of amides is 1. The highest BCUT2D eigenvalue weighted by atomic mass is 16.5. The van der Waals surface area contributed by atoms with Crippen molar-refractivity contribution in [3.8, 4) is 11.5 Å². The van der Waals surface area contributed by atoms with Gasteiger partial charge in [0.25, 0.3) is 5.91 Å². The number of imidazole rings is 1. The van der Waals surface area contributed by atoms with E-state index >= 15 is 0 Å². The molecule has 0 saturated heterocycles. The average molecular weight is 379 g/mol. The topological polar surface area (TPSA) is 65.4 Å². The Bertz CT molecular complexity index is 926. The van der Waals surface area contributed by atoms with Gasteiger partial charge in [-0.25, -0.2) is 4.98 Å². The number of nitrogens with one attached hydrogen (secondary N) is 1. The summed E-state index contributed by atoms with van der Waals surface area (Å²) in [7, 11) is 5.10. The lowest BCUT2D eigenvalue weighted by Crippen LogP contribution is -2.31. The number of hydrogen-bond acceptors (Lipinski definition) is 4. The minimum atomic E-state index is -0.456. The number of aryl methyl sites for hydroxylation is 2. The van der Waals surface area contributed by atoms with Crippen LogP contribution in [0.1, 0.15) is 40.3 Å². The number of benzene rings is 2. The highest BCUT2D eigenvalue weighted by Crippen LogP contribution is 2.29. The molecular weight excluding hydrogens is 354 g/mol. The Hall–Kier alpha value is -3.28. The van der Waals surface area contributed by atoms with E-state index in [0.717, 1.165) is 12.0 Å². The third-order valence-electron chi connectivity index (χ3n) is 4.72. The number of hydrogen-bond donors (Lipinski definition) is 1. The molecule has 28 heavy (non-hydrogen) atoms. The van der Waals surface area contributed by atoms with Crippen LogP contribution >= 0.6 is 0 Å². The molecule has 0 bridgehead atoms. The first kappa shape index (κ1) is 19.5. The molecule has 0 aliphatic heterocycles. The molecule has 1 heterocycles. The van der Waals surface area contributed by atoms with Crippen LogP contribution in [-0.2, 0) is 13.5 Å². The Morgan fingerprint density at radius 3 is 2.25 bits per heavy atom. The van der Waals surface area contributed by atoms with Crippen molar-refractivity contribution in [2.45, 2.75) is 19.4 Å². The summed E-state index contributed by atoms with van der Waals surface area (Å²) in [5.74, 6) is 1.84. The van der Waals surface area contributed by atoms with E-state index in [2.05, 4.69) is 17.2 Å². The smallest absolute Gasteiger partial charge is 0.252 e. The zero-order chi connectivity index (χ0) is 20.1. The van der Waals surface area contributed by atoms with E-state index < -0.39 is 6.04 Å². The number of carbonyl (C=O) groups excluding carboxylic acids is 1. The summed E-state index contributed by atoms with van der Waals surface area (Å²) in [5, 5.41) is 3.10. The second kappa shape index (κ2) is 8.61. The summed E-state index contributed by atoms with van der Waals surface area (Å²) >= 11 is 0. The van der Waals surface area contributed by atoms with Crippen molar-refractivity contribution >= 4 is 5.91 Å². The largest absolute Gasteiger partial charge is 0.497 e. The van der Waals surface area contributed by atoms with Crippen molar-refractivity contribution in [1.82, 2.24) is 14.9 Å². The van der Waals surface area contributed by atoms with Crippen LogP contribution in [-0.4, -0.2) is 29.7 Å². The predicted octanol–water partition coefficient (Wildman–Crippen LogP) is 3.52. The highest BCUT2D eigenvalue weighted by molar-refractivity contribution is 5.94. The molecule has 0 saturated carbocycles. The fourth-order valence-electron chi connectivity index (χ4n) is 3.05. The fraction of sp³-hybridized carbons (Fsp3) is 0.273. The highest BCUT2D eigenvalue weighted by Gasteiger charge is 2.23. The predicted molar refractivity (Wildman–Crippen MR) is 108 cm³/mol. The number of carbonyl (C=O) groups is 1. The maximum absolute atomic E-state index is 12.9. The zero-order valence-electron chi connectivity index (χ0n) is 16.6. The summed E-state index contributed by atoms with van der Waals surface area (Å²) in [6.07, 6.45) is 4.49. The monoisotopic (exact) mass is 379 g/mol. The van der Waals surface area contributed by atoms with Gasteiger partial charge in [-0.05, 0) is 41.8 Å². The molecule has 3 rings (SSSR count). The molecule has 0 aliphatic rings. The van der Waals surface area contributed by atoms with E-state index in [-0.39, 0.29) is 5.91 Å². The summed E-state index contributed by atoms with van der Waals surface area (Å²) in [4.78, 5) is 17.4. The Morgan fingerprint density at radius 1 is 1.11 bits per heavy atom. The van der Waals surface area contributed by atoms with Gasteiger partial charge in [0, 0.05) is 31.1 Å². The van der Waals surface area contributed by atoms with Gasteiger partial charge < -0.3 is 19.4 Å². The Kier molecular flexibility index (Phi) is 5.99. The standard InChI is InChI=1S/C22H25N3O3/c1-5-15-6-8-16(9-7-15)22(26)24-20(21-23-10-11-25(21)2)17-12-18(27-3)14-19(13-17)28-4/h6-14,20H,5H2,1-4H3,(H,24,26). The quantitative estimate of drug-likeness (QED) is 0.682. The van der Waals surface area contributed by atoms with E-state index in [1.165, 1.54) is 5.56 Å². The second-order valence-electron chi connectivity index (χ2n) is 6.50. The van der Waals surface area contributed by atoms with Gasteiger partial charge in [0.15, 0.2) is 0 Å². The van der Waals surface area contributed by atoms with E-state index in [1.807, 2.05) is 54.2 Å². The minimum Gasteiger partial charge on any atom is -0.497 e. The molecule has 2 aromatic carbocycles. The molecule has 1 aromatic heterocycles. The normalized spacial score (nSPS) is 11.7. The third kappa shape index (κ3) is 4.17. The number of methoxy groups -OCH3 is 2. The van der Waals surface area contributed by atoms with Crippen LogP contribution in [0.3, 0.4) is 0 Å². The number of nitrogens with zero attached hydrogens (tertiary/aromatic N) is 2. The summed E-state index contributed by atoms with van der Waals surface area (Å²) in [6, 6.07) is 12.7. The van der Waals surface area contributed by atoms with Crippen LogP contribution in [0.4, 0.5) is 0 Å². The number of aromatic nitrogens is 2. The van der Waals surface area contributed by atoms with Gasteiger partial charge in [-0.15, -0.1) is 0 Å². The van der Waals surface area contributed by atoms with Crippen LogP contribution in [0, 0.1) is 0 Å². The summed E-state index contributed by atoms with van der Waals surface area (Å²) < 4.78 is 12.7. The molecule has 6 heteroatoms. The van der Waals surface area contributed by atoms with Crippen molar-refractivity contribution in [2.75, 3.05) is 14.2 Å². The molecule has 3 aromatic rings. The maximum atomic E-state index is 12.9. The van der Waals surface area contributed by atoms with Crippen molar-refractivity contribution < 1.29 is 14.3 Å². The number of ether oxygens (including phenoxy) is 2. The average Bonchev–Trinajstić information content (AvgIpc) is 3.16. The lowest BCUT2D eigenvalue weighted by molar-refractivity contribution is 0.0941. The van der Waals surface area contributed by atoms with Gasteiger partial charge >= 0.3 is 0 Å². The Labute approximate surface area is 165 Å². The van der Waals surface area contributed by atoms with Gasteiger partial charge in [-0.1, -0.05) is 19.1 Å². The maximum Gasteiger partial charge on any atom is 0.252 e. The van der Waals surface area contributed by atoms with Gasteiger partial charge in [0.1, 0.15) is 23.4 Å². The SMILES string of the molecule is CCc1ccc(C(=O)NC(c2cc(OC)cc(OC)c2)c2nccn2C)cc1. The lowest BCUT2D eigenvalue weighted by atomic mass is 10.0. The Morgan fingerprint density at radius 2 is 1.75 bits per heavy atom. The van der Waals surface area contributed by atoms with Gasteiger partial charge in [-0.2, -0.15) is 0 Å². The van der Waals surface area contributed by atoms with Gasteiger partial charge in [0.05, 0.1) is 14.2 Å². The first-order valence-electron chi connectivity index (χ1n) is 9.15. The van der Waals surface area contributed by atoms with Gasteiger partial charge in [-0.3, -0.25) is 4.79 Å². The molecule has 0 fully saturated rings. The van der Waals surface area contributed by atoms with Crippen molar-refractivity contribution in [3.05, 3.63) is 77.4 Å². The van der Waals surface area contributed by atoms with Crippen LogP contribution in [0.25, 0.3) is 0 Å². The zero-order valence-corrected chi connectivity index (χ0v) is 16.6. The molecule has 0 aliphatic carbocycles. The molecule has 6 nitrogen and oxygen atoms in total. The Balaban J connectivity index is 1.98. The molecule has 146 valence electrons. The number of rotatable bonds is 7. The van der Waals surface area contributed by atoms with E-state index in [9.17, 15) is 4.79 Å². The first-order chi connectivity index (χ1) is 13.5. The molecule has 1 amide bonds. The second-order valence-corrected chi connectivity index (χ2v) is 6.50. The molecule has 1 atom stereocenters. The van der Waals surface area contributed by atoms with Gasteiger partial charge in [0.2, 0.25) is 0 Å². The summed E-state index contributed by atoms with van der Waals surface area (Å²) in [5.41, 5.74) is 2.62. The summed E-state index contributed by atoms with van der Waals surface area (Å²) in [6.45, 7) is 2.09. The third-order valence-corrected chi connectivity index (χ3v) is 4.72. The first-order valence-corrected chi connectivity index (χ1v) is 9.15. The fourth-order valence-corrected chi connectivity index (χ4v) is 3.05. The van der Waals surface area contributed by atoms with E-state index in [1.54, 1.807) is 26.5 Å². The van der Waals surface area contributed by atoms with Crippen molar-refractivity contribution in [3.63, 3.8) is 0 Å². The van der Waals surface area contributed by atoms with E-state index in [0.29, 0.717) is 22.9 Å². The molecule has 0 spiro atoms. The van der Waals surface area contributed by atoms with Crippen LogP contribution in [0.5, 0.6) is 11.5 Å². The molecule has 1 N–H and O–H groups in total.